The number of rotatable bonds is 1. The van der Waals surface area contributed by atoms with Crippen LogP contribution in [0.5, 0.6) is 0 Å². The third-order valence-electron chi connectivity index (χ3n) is 2.56. The molecule has 98 valence electrons. The van der Waals surface area contributed by atoms with Gasteiger partial charge in [-0.25, -0.2) is 0 Å². The standard InChI is InChI=1S/C11H13ClO.2C2H6/c1-6-5-7(2)9(4)10(8(6)3)11(12)13;2*1-2/h5H,1-4H3;2*1-2H3. The summed E-state index contributed by atoms with van der Waals surface area (Å²) in [5.74, 6) is 0. The molecule has 0 aliphatic heterocycles. The number of halogens is 1. The Balaban J connectivity index is 0. The molecule has 0 saturated carbocycles. The van der Waals surface area contributed by atoms with Crippen molar-refractivity contribution in [1.29, 1.82) is 0 Å². The second kappa shape index (κ2) is 9.23. The van der Waals surface area contributed by atoms with E-state index in [1.807, 2.05) is 55.4 Å². The van der Waals surface area contributed by atoms with Crippen molar-refractivity contribution >= 4 is 16.8 Å². The number of aryl methyl sites for hydroxylation is 2. The van der Waals surface area contributed by atoms with Crippen LogP contribution in [0, 0.1) is 27.7 Å². The molecule has 0 aliphatic rings. The Hall–Kier alpha value is -0.820. The normalized spacial score (nSPS) is 8.53. The van der Waals surface area contributed by atoms with Crippen LogP contribution in [-0.4, -0.2) is 5.24 Å². The molecule has 0 radical (unpaired) electrons. The molecule has 0 spiro atoms. The van der Waals surface area contributed by atoms with Crippen molar-refractivity contribution in [3.8, 4) is 0 Å². The Labute approximate surface area is 111 Å². The summed E-state index contributed by atoms with van der Waals surface area (Å²) in [5.41, 5.74) is 4.88. The van der Waals surface area contributed by atoms with Gasteiger partial charge in [0, 0.05) is 5.56 Å². The van der Waals surface area contributed by atoms with Crippen LogP contribution in [0.25, 0.3) is 0 Å². The average molecular weight is 257 g/mol. The third-order valence-corrected chi connectivity index (χ3v) is 2.75. The minimum absolute atomic E-state index is 0.359. The number of carbonyl (C=O) groups is 1. The fraction of sp³-hybridized carbons (Fsp3) is 0.533. The lowest BCUT2D eigenvalue weighted by Gasteiger charge is -2.11. The number of hydrogen-bond donors (Lipinski definition) is 0. The highest BCUT2D eigenvalue weighted by atomic mass is 35.5. The molecule has 0 saturated heterocycles. The van der Waals surface area contributed by atoms with E-state index in [0.717, 1.165) is 22.3 Å². The van der Waals surface area contributed by atoms with Gasteiger partial charge in [0.2, 0.25) is 0 Å². The van der Waals surface area contributed by atoms with Crippen molar-refractivity contribution in [2.24, 2.45) is 0 Å². The quantitative estimate of drug-likeness (QED) is 0.619. The van der Waals surface area contributed by atoms with E-state index < -0.39 is 0 Å². The van der Waals surface area contributed by atoms with Gasteiger partial charge >= 0.3 is 0 Å². The van der Waals surface area contributed by atoms with Gasteiger partial charge < -0.3 is 0 Å². The third kappa shape index (κ3) is 4.91. The van der Waals surface area contributed by atoms with Gasteiger partial charge in [0.05, 0.1) is 0 Å². The molecular weight excluding hydrogens is 232 g/mol. The van der Waals surface area contributed by atoms with Gasteiger partial charge in [-0.2, -0.15) is 0 Å². The van der Waals surface area contributed by atoms with Crippen LogP contribution in [-0.2, 0) is 0 Å². The number of benzene rings is 1. The largest absolute Gasteiger partial charge is 0.276 e. The Morgan fingerprint density at radius 3 is 1.41 bits per heavy atom. The molecule has 0 unspecified atom stereocenters. The van der Waals surface area contributed by atoms with Gasteiger partial charge in [0.25, 0.3) is 5.24 Å². The van der Waals surface area contributed by atoms with Crippen LogP contribution in [0.4, 0.5) is 0 Å². The molecule has 1 nitrogen and oxygen atoms in total. The molecule has 17 heavy (non-hydrogen) atoms. The SMILES string of the molecule is CC.CC.Cc1cc(C)c(C)c(C(=O)Cl)c1C. The lowest BCUT2D eigenvalue weighted by atomic mass is 9.95. The summed E-state index contributed by atoms with van der Waals surface area (Å²) in [5, 5.41) is -0.359. The van der Waals surface area contributed by atoms with E-state index in [2.05, 4.69) is 6.07 Å². The Morgan fingerprint density at radius 2 is 1.18 bits per heavy atom. The fourth-order valence-electron chi connectivity index (χ4n) is 1.51. The first-order valence-electron chi connectivity index (χ1n) is 6.22. The molecule has 0 bridgehead atoms. The van der Waals surface area contributed by atoms with Crippen LogP contribution in [0.15, 0.2) is 6.07 Å². The van der Waals surface area contributed by atoms with Crippen molar-refractivity contribution in [3.63, 3.8) is 0 Å². The maximum atomic E-state index is 11.2. The van der Waals surface area contributed by atoms with Crippen molar-refractivity contribution in [2.45, 2.75) is 55.4 Å². The second-order valence-electron chi connectivity index (χ2n) is 3.41. The zero-order chi connectivity index (χ0) is 14.2. The molecule has 0 atom stereocenters. The molecule has 0 aromatic heterocycles. The summed E-state index contributed by atoms with van der Waals surface area (Å²) in [6, 6.07) is 2.08. The van der Waals surface area contributed by atoms with Crippen LogP contribution in [0.3, 0.4) is 0 Å². The molecule has 2 heteroatoms. The topological polar surface area (TPSA) is 17.1 Å². The number of carbonyl (C=O) groups excluding carboxylic acids is 1. The summed E-state index contributed by atoms with van der Waals surface area (Å²) < 4.78 is 0. The van der Waals surface area contributed by atoms with E-state index in [9.17, 15) is 4.79 Å². The van der Waals surface area contributed by atoms with E-state index >= 15 is 0 Å². The lowest BCUT2D eigenvalue weighted by molar-refractivity contribution is 0.108. The van der Waals surface area contributed by atoms with Crippen LogP contribution >= 0.6 is 11.6 Å². The molecule has 1 aromatic carbocycles. The van der Waals surface area contributed by atoms with Crippen LogP contribution in [0.1, 0.15) is 60.3 Å². The average Bonchev–Trinajstić information content (AvgIpc) is 2.32. The van der Waals surface area contributed by atoms with Gasteiger partial charge in [-0.3, -0.25) is 4.79 Å². The molecule has 0 N–H and O–H groups in total. The predicted octanol–water partition coefficient (Wildman–Crippen LogP) is 5.35. The molecule has 0 fully saturated rings. The molecular formula is C15H25ClO. The van der Waals surface area contributed by atoms with Gasteiger partial charge in [-0.15, -0.1) is 0 Å². The summed E-state index contributed by atoms with van der Waals surface area (Å²) in [6.45, 7) is 15.8. The van der Waals surface area contributed by atoms with Gasteiger partial charge in [-0.1, -0.05) is 33.8 Å². The Morgan fingerprint density at radius 1 is 0.882 bits per heavy atom. The van der Waals surface area contributed by atoms with E-state index in [4.69, 9.17) is 11.6 Å². The maximum Gasteiger partial charge on any atom is 0.252 e. The Bertz CT molecular complexity index is 341. The second-order valence-corrected chi connectivity index (χ2v) is 3.75. The summed E-state index contributed by atoms with van der Waals surface area (Å²) in [7, 11) is 0. The first kappa shape index (κ1) is 18.5. The van der Waals surface area contributed by atoms with Crippen molar-refractivity contribution < 1.29 is 4.79 Å². The minimum Gasteiger partial charge on any atom is -0.276 e. The van der Waals surface area contributed by atoms with Gasteiger partial charge in [-0.05, 0) is 61.5 Å². The first-order valence-corrected chi connectivity index (χ1v) is 6.60. The fourth-order valence-corrected chi connectivity index (χ4v) is 1.80. The van der Waals surface area contributed by atoms with Crippen molar-refractivity contribution in [1.82, 2.24) is 0 Å². The number of hydrogen-bond acceptors (Lipinski definition) is 1. The lowest BCUT2D eigenvalue weighted by Crippen LogP contribution is -2.02. The maximum absolute atomic E-state index is 11.2. The minimum atomic E-state index is -0.359. The highest BCUT2D eigenvalue weighted by Gasteiger charge is 2.13. The molecule has 1 aromatic rings. The van der Waals surface area contributed by atoms with Crippen molar-refractivity contribution in [3.05, 3.63) is 33.9 Å². The highest BCUT2D eigenvalue weighted by Crippen LogP contribution is 2.22. The van der Waals surface area contributed by atoms with E-state index in [-0.39, 0.29) is 5.24 Å². The van der Waals surface area contributed by atoms with Crippen LogP contribution in [0.2, 0.25) is 0 Å². The van der Waals surface area contributed by atoms with E-state index in [0.29, 0.717) is 5.56 Å². The monoisotopic (exact) mass is 256 g/mol. The highest BCUT2D eigenvalue weighted by molar-refractivity contribution is 6.68. The van der Waals surface area contributed by atoms with Gasteiger partial charge in [0.15, 0.2) is 0 Å². The molecule has 1 rings (SSSR count). The summed E-state index contributed by atoms with van der Waals surface area (Å²) in [4.78, 5) is 11.2. The van der Waals surface area contributed by atoms with E-state index in [1.54, 1.807) is 0 Å². The van der Waals surface area contributed by atoms with Gasteiger partial charge in [0.1, 0.15) is 0 Å². The Kier molecular flexibility index (Phi) is 10.1. The zero-order valence-electron chi connectivity index (χ0n) is 12.4. The zero-order valence-corrected chi connectivity index (χ0v) is 13.1. The molecule has 0 heterocycles. The summed E-state index contributed by atoms with van der Waals surface area (Å²) >= 11 is 5.52. The summed E-state index contributed by atoms with van der Waals surface area (Å²) in [6.07, 6.45) is 0. The molecule has 0 aliphatic carbocycles. The van der Waals surface area contributed by atoms with E-state index in [1.165, 1.54) is 0 Å². The van der Waals surface area contributed by atoms with Crippen molar-refractivity contribution in [2.75, 3.05) is 0 Å². The van der Waals surface area contributed by atoms with Crippen LogP contribution < -0.4 is 0 Å². The predicted molar refractivity (Wildman–Crippen MR) is 78.3 cm³/mol. The first-order chi connectivity index (χ1) is 7.95. The smallest absolute Gasteiger partial charge is 0.252 e. The molecule has 0 amide bonds.